The molecule has 3 nitrogen and oxygen atoms in total. The van der Waals surface area contributed by atoms with E-state index in [4.69, 9.17) is 13.9 Å². The second-order valence-electron chi connectivity index (χ2n) is 10.9. The third-order valence-corrected chi connectivity index (χ3v) is 11.4. The first-order valence-corrected chi connectivity index (χ1v) is 13.3. The highest BCUT2D eigenvalue weighted by Gasteiger charge is 2.76. The number of hydrogen-bond acceptors (Lipinski definition) is 3. The van der Waals surface area contributed by atoms with Crippen LogP contribution in [0.4, 0.5) is 0 Å². The van der Waals surface area contributed by atoms with Crippen LogP contribution >= 0.6 is 0 Å². The summed E-state index contributed by atoms with van der Waals surface area (Å²) in [5.74, 6) is -0.957. The van der Waals surface area contributed by atoms with Crippen molar-refractivity contribution >= 4 is 19.1 Å². The monoisotopic (exact) mass is 398 g/mol. The predicted molar refractivity (Wildman–Crippen MR) is 117 cm³/mol. The SMILES string of the molecule is CC1(C)C[C@]2(C)[C@@H](c3cccc4ccccc34)O[C@]2(O[Si](C)(C)C(C)(C)C)O1. The molecule has 0 N–H and O–H groups in total. The van der Waals surface area contributed by atoms with Crippen LogP contribution in [0.5, 0.6) is 0 Å². The van der Waals surface area contributed by atoms with Gasteiger partial charge in [0.25, 0.3) is 5.97 Å². The summed E-state index contributed by atoms with van der Waals surface area (Å²) in [7, 11) is -2.08. The fraction of sp³-hybridized carbons (Fsp3) is 0.583. The van der Waals surface area contributed by atoms with Crippen molar-refractivity contribution in [1.29, 1.82) is 0 Å². The molecule has 0 aliphatic carbocycles. The van der Waals surface area contributed by atoms with Crippen LogP contribution in [0.15, 0.2) is 42.5 Å². The Balaban J connectivity index is 1.77. The minimum atomic E-state index is -2.08. The zero-order chi connectivity index (χ0) is 20.6. The normalized spacial score (nSPS) is 32.2. The highest BCUT2D eigenvalue weighted by molar-refractivity contribution is 6.74. The summed E-state index contributed by atoms with van der Waals surface area (Å²) in [6, 6.07) is 15.0. The Morgan fingerprint density at radius 3 is 2.32 bits per heavy atom. The smallest absolute Gasteiger partial charge is 0.283 e. The molecule has 0 amide bonds. The van der Waals surface area contributed by atoms with Crippen LogP contribution in [0.1, 0.15) is 59.6 Å². The molecule has 2 aromatic carbocycles. The van der Waals surface area contributed by atoms with E-state index >= 15 is 0 Å². The molecule has 2 aromatic rings. The van der Waals surface area contributed by atoms with Gasteiger partial charge in [-0.2, -0.15) is 0 Å². The molecule has 0 spiro atoms. The van der Waals surface area contributed by atoms with Crippen LogP contribution in [-0.4, -0.2) is 19.9 Å². The average molecular weight is 399 g/mol. The lowest BCUT2D eigenvalue weighted by atomic mass is 9.69. The lowest BCUT2D eigenvalue weighted by Crippen LogP contribution is -2.66. The Morgan fingerprint density at radius 2 is 1.64 bits per heavy atom. The van der Waals surface area contributed by atoms with Gasteiger partial charge < -0.3 is 13.9 Å². The minimum Gasteiger partial charge on any atom is -0.368 e. The van der Waals surface area contributed by atoms with Crippen molar-refractivity contribution < 1.29 is 13.9 Å². The summed E-state index contributed by atoms with van der Waals surface area (Å²) >= 11 is 0. The largest absolute Gasteiger partial charge is 0.368 e. The van der Waals surface area contributed by atoms with Crippen molar-refractivity contribution in [3.8, 4) is 0 Å². The molecule has 28 heavy (non-hydrogen) atoms. The Morgan fingerprint density at radius 1 is 1.00 bits per heavy atom. The number of hydrogen-bond donors (Lipinski definition) is 0. The number of fused-ring (bicyclic) bond motifs is 2. The molecule has 0 saturated carbocycles. The first-order chi connectivity index (χ1) is 12.8. The van der Waals surface area contributed by atoms with Crippen LogP contribution in [0.25, 0.3) is 10.8 Å². The van der Waals surface area contributed by atoms with Crippen LogP contribution in [0.3, 0.4) is 0 Å². The van der Waals surface area contributed by atoms with Gasteiger partial charge in [-0.25, -0.2) is 0 Å². The molecule has 2 saturated heterocycles. The Labute approximate surface area is 170 Å². The lowest BCUT2D eigenvalue weighted by molar-refractivity contribution is -0.487. The third-order valence-electron chi connectivity index (χ3n) is 7.06. The Hall–Kier alpha value is -1.20. The van der Waals surface area contributed by atoms with Gasteiger partial charge in [0.05, 0.1) is 11.0 Å². The van der Waals surface area contributed by atoms with Crippen LogP contribution < -0.4 is 0 Å². The van der Waals surface area contributed by atoms with Gasteiger partial charge in [0.2, 0.25) is 0 Å². The molecular weight excluding hydrogens is 364 g/mol. The molecule has 4 heteroatoms. The van der Waals surface area contributed by atoms with E-state index in [1.807, 2.05) is 0 Å². The zero-order valence-electron chi connectivity index (χ0n) is 18.6. The summed E-state index contributed by atoms with van der Waals surface area (Å²) in [6.07, 6.45) is 0.868. The molecule has 4 rings (SSSR count). The molecule has 2 heterocycles. The molecule has 0 unspecified atom stereocenters. The molecule has 2 aliphatic heterocycles. The maximum Gasteiger partial charge on any atom is 0.283 e. The van der Waals surface area contributed by atoms with Crippen LogP contribution in [-0.2, 0) is 13.9 Å². The molecule has 2 aliphatic rings. The highest BCUT2D eigenvalue weighted by atomic mass is 28.4. The van der Waals surface area contributed by atoms with E-state index in [1.165, 1.54) is 16.3 Å². The van der Waals surface area contributed by atoms with Gasteiger partial charge in [-0.3, -0.25) is 0 Å². The molecule has 2 fully saturated rings. The van der Waals surface area contributed by atoms with Gasteiger partial charge in [-0.05, 0) is 61.7 Å². The van der Waals surface area contributed by atoms with Gasteiger partial charge in [0.15, 0.2) is 8.32 Å². The quantitative estimate of drug-likeness (QED) is 0.533. The van der Waals surface area contributed by atoms with E-state index in [9.17, 15) is 0 Å². The number of rotatable bonds is 3. The summed E-state index contributed by atoms with van der Waals surface area (Å²) in [6.45, 7) is 17.9. The molecule has 0 bridgehead atoms. The first-order valence-electron chi connectivity index (χ1n) is 10.4. The third kappa shape index (κ3) is 2.80. The van der Waals surface area contributed by atoms with Crippen LogP contribution in [0, 0.1) is 5.41 Å². The minimum absolute atomic E-state index is 0.0369. The second-order valence-corrected chi connectivity index (χ2v) is 15.7. The lowest BCUT2D eigenvalue weighted by Gasteiger charge is -2.59. The first kappa shape index (κ1) is 20.1. The van der Waals surface area contributed by atoms with Crippen molar-refractivity contribution in [2.75, 3.05) is 0 Å². The van der Waals surface area contributed by atoms with E-state index in [1.54, 1.807) is 0 Å². The van der Waals surface area contributed by atoms with Crippen molar-refractivity contribution in [1.82, 2.24) is 0 Å². The number of ether oxygens (including phenoxy) is 2. The van der Waals surface area contributed by atoms with E-state index < -0.39 is 14.3 Å². The summed E-state index contributed by atoms with van der Waals surface area (Å²) in [5.41, 5.74) is 0.725. The zero-order valence-corrected chi connectivity index (χ0v) is 19.6. The Kier molecular flexibility index (Phi) is 4.24. The summed E-state index contributed by atoms with van der Waals surface area (Å²) < 4.78 is 20.0. The average Bonchev–Trinajstić information content (AvgIpc) is 2.71. The second kappa shape index (κ2) is 5.91. The maximum atomic E-state index is 6.85. The van der Waals surface area contributed by atoms with Gasteiger partial charge in [0, 0.05) is 0 Å². The fourth-order valence-corrected chi connectivity index (χ4v) is 5.99. The molecular formula is C24H34O3Si. The van der Waals surface area contributed by atoms with E-state index in [2.05, 4.69) is 97.1 Å². The molecule has 3 atom stereocenters. The summed E-state index contributed by atoms with van der Waals surface area (Å²) in [4.78, 5) is 0. The highest BCUT2D eigenvalue weighted by Crippen LogP contribution is 2.69. The van der Waals surface area contributed by atoms with Gasteiger partial charge in [0.1, 0.15) is 6.10 Å². The standard InChI is InChI=1S/C24H34O3Si/c1-21(2,3)28(7,8)27-24-23(6,16-22(4,5)26-24)20(25-24)19-15-11-13-17-12-9-10-14-18(17)19/h9-15,20H,16H2,1-8H3/t20-,23-,24+/m1/s1. The molecule has 0 radical (unpaired) electrons. The van der Waals surface area contributed by atoms with Gasteiger partial charge >= 0.3 is 0 Å². The molecule has 152 valence electrons. The summed E-state index contributed by atoms with van der Waals surface area (Å²) in [5, 5.41) is 2.59. The predicted octanol–water partition coefficient (Wildman–Crippen LogP) is 6.79. The van der Waals surface area contributed by atoms with Gasteiger partial charge in [-0.1, -0.05) is 63.2 Å². The van der Waals surface area contributed by atoms with Crippen molar-refractivity contribution in [3.05, 3.63) is 48.0 Å². The van der Waals surface area contributed by atoms with Crippen molar-refractivity contribution in [3.63, 3.8) is 0 Å². The topological polar surface area (TPSA) is 27.7 Å². The van der Waals surface area contributed by atoms with E-state index in [0.29, 0.717) is 0 Å². The fourth-order valence-electron chi connectivity index (χ4n) is 4.68. The maximum absolute atomic E-state index is 6.85. The van der Waals surface area contributed by atoms with Crippen LogP contribution in [0.2, 0.25) is 18.1 Å². The molecule has 0 aromatic heterocycles. The van der Waals surface area contributed by atoms with Crippen molar-refractivity contribution in [2.24, 2.45) is 5.41 Å². The van der Waals surface area contributed by atoms with Crippen molar-refractivity contribution in [2.45, 2.75) is 83.8 Å². The Bertz CT molecular complexity index is 908. The van der Waals surface area contributed by atoms with E-state index in [-0.39, 0.29) is 22.2 Å². The van der Waals surface area contributed by atoms with E-state index in [0.717, 1.165) is 6.42 Å². The number of benzene rings is 2. The van der Waals surface area contributed by atoms with Gasteiger partial charge in [-0.15, -0.1) is 0 Å².